The van der Waals surface area contributed by atoms with Crippen molar-refractivity contribution in [1.29, 1.82) is 0 Å². The van der Waals surface area contributed by atoms with Crippen LogP contribution in [0.3, 0.4) is 0 Å². The zero-order chi connectivity index (χ0) is 19.5. The normalized spacial score (nSPS) is 19.2. The highest BCUT2D eigenvalue weighted by molar-refractivity contribution is 8.26. The fraction of sp³-hybridized carbons (Fsp3) is 0.381. The molecule has 0 aliphatic carbocycles. The summed E-state index contributed by atoms with van der Waals surface area (Å²) in [6.07, 6.45) is 5.56. The van der Waals surface area contributed by atoms with Crippen molar-refractivity contribution in [2.75, 3.05) is 38.3 Å². The maximum atomic E-state index is 12.8. The highest BCUT2D eigenvalue weighted by atomic mass is 32.2. The first-order valence-electron chi connectivity index (χ1n) is 9.56. The Morgan fingerprint density at radius 1 is 1.25 bits per heavy atom. The Balaban J connectivity index is 1.73. The molecule has 0 bridgehead atoms. The van der Waals surface area contributed by atoms with E-state index in [0.717, 1.165) is 35.4 Å². The molecule has 0 N–H and O–H groups in total. The van der Waals surface area contributed by atoms with Gasteiger partial charge in [0.25, 0.3) is 5.91 Å². The van der Waals surface area contributed by atoms with Crippen LogP contribution in [0, 0.1) is 0 Å². The fourth-order valence-corrected chi connectivity index (χ4v) is 4.90. The van der Waals surface area contributed by atoms with Gasteiger partial charge in [-0.2, -0.15) is 0 Å². The van der Waals surface area contributed by atoms with Crippen molar-refractivity contribution in [2.24, 2.45) is 0 Å². The highest BCUT2D eigenvalue weighted by Crippen LogP contribution is 2.35. The number of piperidine rings is 1. The molecule has 7 heteroatoms. The number of thiocarbonyl (C=S) groups is 1. The van der Waals surface area contributed by atoms with E-state index in [9.17, 15) is 4.79 Å². The summed E-state index contributed by atoms with van der Waals surface area (Å²) in [4.78, 5) is 22.4. The number of aromatic nitrogens is 1. The van der Waals surface area contributed by atoms with Gasteiger partial charge in [-0.1, -0.05) is 42.2 Å². The smallest absolute Gasteiger partial charge is 0.266 e. The number of hydrogen-bond acceptors (Lipinski definition) is 6. The molecule has 0 unspecified atom stereocenters. The zero-order valence-corrected chi connectivity index (χ0v) is 17.5. The van der Waals surface area contributed by atoms with Gasteiger partial charge in [-0.3, -0.25) is 9.69 Å². The van der Waals surface area contributed by atoms with Crippen LogP contribution >= 0.6 is 24.0 Å². The lowest BCUT2D eigenvalue weighted by Gasteiger charge is -2.29. The van der Waals surface area contributed by atoms with Crippen LogP contribution in [0.25, 0.3) is 17.0 Å². The second-order valence-electron chi connectivity index (χ2n) is 6.97. The third-order valence-corrected chi connectivity index (χ3v) is 6.44. The molecule has 0 atom stereocenters. The summed E-state index contributed by atoms with van der Waals surface area (Å²) in [5, 5.41) is 1.07. The van der Waals surface area contributed by atoms with Crippen LogP contribution in [0.15, 0.2) is 35.2 Å². The average molecular weight is 414 g/mol. The largest absolute Gasteiger partial charge is 0.383 e. The van der Waals surface area contributed by atoms with Crippen LogP contribution in [0.1, 0.15) is 24.8 Å². The topological polar surface area (TPSA) is 45.7 Å². The maximum absolute atomic E-state index is 12.8. The first kappa shape index (κ1) is 19.4. The number of anilines is 1. The first-order valence-corrected chi connectivity index (χ1v) is 10.8. The quantitative estimate of drug-likeness (QED) is 0.544. The summed E-state index contributed by atoms with van der Waals surface area (Å²) in [6, 6.07) is 10.3. The standard InChI is InChI=1S/C21H23N3O2S2/c1-26-12-11-24-20(25)18(28-21(24)27)14-16-13-15-7-3-4-8-17(15)22-19(16)23-9-5-2-6-10-23/h3-4,7-8,13-14H,2,5-6,9-12H2,1H3/b18-14-. The predicted molar refractivity (Wildman–Crippen MR) is 120 cm³/mol. The number of ether oxygens (including phenoxy) is 1. The SMILES string of the molecule is COCCN1C(=O)/C(=C/c2cc3ccccc3nc2N2CCCCC2)SC1=S. The number of methoxy groups -OCH3 is 1. The number of hydrogen-bond donors (Lipinski definition) is 0. The Kier molecular flexibility index (Phi) is 5.94. The number of amides is 1. The minimum Gasteiger partial charge on any atom is -0.383 e. The number of thioether (sulfide) groups is 1. The van der Waals surface area contributed by atoms with Crippen LogP contribution in [0.5, 0.6) is 0 Å². The monoisotopic (exact) mass is 413 g/mol. The molecule has 2 aromatic rings. The molecule has 1 aromatic carbocycles. The minimum absolute atomic E-state index is 0.0511. The summed E-state index contributed by atoms with van der Waals surface area (Å²) in [5.41, 5.74) is 1.96. The zero-order valence-electron chi connectivity index (χ0n) is 15.9. The van der Waals surface area contributed by atoms with E-state index in [0.29, 0.717) is 22.4 Å². The van der Waals surface area contributed by atoms with Gasteiger partial charge in [0, 0.05) is 31.1 Å². The van der Waals surface area contributed by atoms with Gasteiger partial charge < -0.3 is 9.64 Å². The minimum atomic E-state index is -0.0511. The predicted octanol–water partition coefficient (Wildman–Crippen LogP) is 4.07. The molecule has 5 nitrogen and oxygen atoms in total. The molecule has 2 fully saturated rings. The van der Waals surface area contributed by atoms with Crippen molar-refractivity contribution >= 4 is 57.0 Å². The second kappa shape index (κ2) is 8.59. The number of carbonyl (C=O) groups excluding carboxylic acids is 1. The van der Waals surface area contributed by atoms with Crippen LogP contribution in [0.2, 0.25) is 0 Å². The highest BCUT2D eigenvalue weighted by Gasteiger charge is 2.32. The lowest BCUT2D eigenvalue weighted by molar-refractivity contribution is -0.122. The number of rotatable bonds is 5. The van der Waals surface area contributed by atoms with Gasteiger partial charge in [-0.05, 0) is 37.5 Å². The molecule has 0 spiro atoms. The molecular weight excluding hydrogens is 390 g/mol. The number of fused-ring (bicyclic) bond motifs is 1. The van der Waals surface area contributed by atoms with E-state index in [1.807, 2.05) is 24.3 Å². The molecule has 4 rings (SSSR count). The van der Waals surface area contributed by atoms with E-state index in [-0.39, 0.29) is 5.91 Å². The molecule has 28 heavy (non-hydrogen) atoms. The third kappa shape index (κ3) is 3.92. The van der Waals surface area contributed by atoms with Gasteiger partial charge in [0.1, 0.15) is 10.1 Å². The van der Waals surface area contributed by atoms with E-state index in [1.54, 1.807) is 12.0 Å². The van der Waals surface area contributed by atoms with Crippen molar-refractivity contribution < 1.29 is 9.53 Å². The van der Waals surface area contributed by atoms with Gasteiger partial charge in [0.15, 0.2) is 0 Å². The number of benzene rings is 1. The lowest BCUT2D eigenvalue weighted by atomic mass is 10.1. The molecule has 1 amide bonds. The van der Waals surface area contributed by atoms with Crippen molar-refractivity contribution in [3.63, 3.8) is 0 Å². The van der Waals surface area contributed by atoms with Crippen LogP contribution in [-0.2, 0) is 9.53 Å². The van der Waals surface area contributed by atoms with Crippen molar-refractivity contribution in [2.45, 2.75) is 19.3 Å². The molecule has 1 aromatic heterocycles. The Morgan fingerprint density at radius 3 is 2.82 bits per heavy atom. The molecule has 2 aliphatic rings. The van der Waals surface area contributed by atoms with Gasteiger partial charge >= 0.3 is 0 Å². The molecule has 0 saturated carbocycles. The number of carbonyl (C=O) groups is 1. The summed E-state index contributed by atoms with van der Waals surface area (Å²) in [6.45, 7) is 2.95. The first-order chi connectivity index (χ1) is 13.7. The molecule has 3 heterocycles. The molecule has 0 radical (unpaired) electrons. The Bertz CT molecular complexity index is 938. The van der Waals surface area contributed by atoms with Gasteiger partial charge in [0.2, 0.25) is 0 Å². The van der Waals surface area contributed by atoms with Crippen LogP contribution in [0.4, 0.5) is 5.82 Å². The molecule has 146 valence electrons. The summed E-state index contributed by atoms with van der Waals surface area (Å²) in [7, 11) is 1.62. The van der Waals surface area contributed by atoms with Crippen LogP contribution < -0.4 is 4.90 Å². The third-order valence-electron chi connectivity index (χ3n) is 5.07. The van der Waals surface area contributed by atoms with E-state index < -0.39 is 0 Å². The molecular formula is C21H23N3O2S2. The van der Waals surface area contributed by atoms with Crippen molar-refractivity contribution in [3.05, 3.63) is 40.8 Å². The van der Waals surface area contributed by atoms with Gasteiger partial charge in [-0.15, -0.1) is 0 Å². The van der Waals surface area contributed by atoms with E-state index >= 15 is 0 Å². The lowest BCUT2D eigenvalue weighted by Crippen LogP contribution is -2.31. The van der Waals surface area contributed by atoms with Crippen molar-refractivity contribution in [1.82, 2.24) is 9.88 Å². The molecule has 2 saturated heterocycles. The van der Waals surface area contributed by atoms with E-state index in [4.69, 9.17) is 21.9 Å². The average Bonchev–Trinajstić information content (AvgIpc) is 2.99. The number of nitrogens with zero attached hydrogens (tertiary/aromatic N) is 3. The van der Waals surface area contributed by atoms with Gasteiger partial charge in [-0.25, -0.2) is 4.98 Å². The Labute approximate surface area is 174 Å². The fourth-order valence-electron chi connectivity index (χ4n) is 3.60. The maximum Gasteiger partial charge on any atom is 0.266 e. The molecule has 2 aliphatic heterocycles. The van der Waals surface area contributed by atoms with Gasteiger partial charge in [0.05, 0.1) is 23.6 Å². The Hall–Kier alpha value is -1.96. The van der Waals surface area contributed by atoms with Crippen LogP contribution in [-0.4, -0.2) is 53.5 Å². The number of pyridine rings is 1. The van der Waals surface area contributed by atoms with Crippen molar-refractivity contribution in [3.8, 4) is 0 Å². The summed E-state index contributed by atoms with van der Waals surface area (Å²) < 4.78 is 5.69. The Morgan fingerprint density at radius 2 is 2.04 bits per heavy atom. The van der Waals surface area contributed by atoms with E-state index in [2.05, 4.69) is 17.0 Å². The summed E-state index contributed by atoms with van der Waals surface area (Å²) in [5.74, 6) is 0.908. The number of para-hydroxylation sites is 1. The second-order valence-corrected chi connectivity index (χ2v) is 8.64. The van der Waals surface area contributed by atoms with E-state index in [1.165, 1.54) is 31.0 Å². The summed E-state index contributed by atoms with van der Waals surface area (Å²) >= 11 is 6.76.